The highest BCUT2D eigenvalue weighted by molar-refractivity contribution is 5.67. The average molecular weight is 228 g/mol. The third-order valence-electron chi connectivity index (χ3n) is 2.53. The van der Waals surface area contributed by atoms with Crippen LogP contribution in [0.25, 0.3) is 12.2 Å². The number of aryl methyl sites for hydroxylation is 2. The van der Waals surface area contributed by atoms with Crippen LogP contribution in [-0.2, 0) is 6.54 Å². The minimum absolute atomic E-state index is 0.940. The summed E-state index contributed by atoms with van der Waals surface area (Å²) in [5, 5.41) is 4.27. The maximum absolute atomic E-state index is 4.27. The van der Waals surface area contributed by atoms with Gasteiger partial charge in [-0.25, -0.2) is 9.97 Å². The molecule has 0 amide bonds. The smallest absolute Gasteiger partial charge is 0.116 e. The quantitative estimate of drug-likeness (QED) is 0.807. The maximum atomic E-state index is 4.27. The molecule has 2 rings (SSSR count). The first-order valence-electron chi connectivity index (χ1n) is 5.77. The van der Waals surface area contributed by atoms with E-state index >= 15 is 0 Å². The van der Waals surface area contributed by atoms with Crippen molar-refractivity contribution in [3.05, 3.63) is 41.7 Å². The van der Waals surface area contributed by atoms with E-state index in [0.717, 1.165) is 29.9 Å². The first-order chi connectivity index (χ1) is 8.31. The first-order valence-corrected chi connectivity index (χ1v) is 5.77. The predicted molar refractivity (Wildman–Crippen MR) is 68.2 cm³/mol. The summed E-state index contributed by atoms with van der Waals surface area (Å²) in [7, 11) is 0. The molecule has 4 nitrogen and oxygen atoms in total. The zero-order valence-electron chi connectivity index (χ0n) is 10.2. The van der Waals surface area contributed by atoms with Gasteiger partial charge in [0.2, 0.25) is 0 Å². The van der Waals surface area contributed by atoms with Crippen molar-refractivity contribution in [1.29, 1.82) is 0 Å². The van der Waals surface area contributed by atoms with Crippen molar-refractivity contribution in [2.45, 2.75) is 26.8 Å². The normalized spacial score (nSPS) is 11.2. The van der Waals surface area contributed by atoms with Gasteiger partial charge in [0.25, 0.3) is 0 Å². The number of rotatable bonds is 4. The van der Waals surface area contributed by atoms with Crippen LogP contribution in [0.2, 0.25) is 0 Å². The van der Waals surface area contributed by atoms with E-state index in [1.807, 2.05) is 42.2 Å². The lowest BCUT2D eigenvalue weighted by molar-refractivity contribution is 0.598. The van der Waals surface area contributed by atoms with Gasteiger partial charge in [-0.05, 0) is 37.1 Å². The largest absolute Gasteiger partial charge is 0.266 e. The summed E-state index contributed by atoms with van der Waals surface area (Å²) in [5.74, 6) is 0. The molecule has 0 aliphatic carbocycles. The molecule has 4 heteroatoms. The van der Waals surface area contributed by atoms with E-state index in [4.69, 9.17) is 0 Å². The van der Waals surface area contributed by atoms with E-state index in [-0.39, 0.29) is 0 Å². The van der Waals surface area contributed by atoms with Crippen LogP contribution in [0.3, 0.4) is 0 Å². The van der Waals surface area contributed by atoms with Crippen LogP contribution in [0.1, 0.15) is 30.3 Å². The highest BCUT2D eigenvalue weighted by Crippen LogP contribution is 2.09. The second-order valence-electron chi connectivity index (χ2n) is 3.90. The van der Waals surface area contributed by atoms with E-state index in [1.54, 1.807) is 6.33 Å². The Morgan fingerprint density at radius 3 is 3.00 bits per heavy atom. The van der Waals surface area contributed by atoms with E-state index in [0.29, 0.717) is 0 Å². The van der Waals surface area contributed by atoms with Gasteiger partial charge in [0.1, 0.15) is 6.33 Å². The Morgan fingerprint density at radius 2 is 2.24 bits per heavy atom. The molecule has 0 bridgehead atoms. The van der Waals surface area contributed by atoms with Crippen LogP contribution in [0.4, 0.5) is 0 Å². The molecule has 0 aliphatic rings. The predicted octanol–water partition coefficient (Wildman–Crippen LogP) is 2.56. The maximum Gasteiger partial charge on any atom is 0.116 e. The Kier molecular flexibility index (Phi) is 3.65. The third-order valence-corrected chi connectivity index (χ3v) is 2.53. The van der Waals surface area contributed by atoms with Crippen LogP contribution in [0.5, 0.6) is 0 Å². The molecule has 2 heterocycles. The molecular weight excluding hydrogens is 212 g/mol. The van der Waals surface area contributed by atoms with Crippen LogP contribution >= 0.6 is 0 Å². The number of nitrogens with zero attached hydrogens (tertiary/aromatic N) is 4. The number of hydrogen-bond donors (Lipinski definition) is 0. The van der Waals surface area contributed by atoms with E-state index < -0.39 is 0 Å². The van der Waals surface area contributed by atoms with Crippen molar-refractivity contribution >= 4 is 12.2 Å². The van der Waals surface area contributed by atoms with E-state index in [9.17, 15) is 0 Å². The van der Waals surface area contributed by atoms with Crippen molar-refractivity contribution in [3.63, 3.8) is 0 Å². The molecule has 2 aromatic heterocycles. The fourth-order valence-electron chi connectivity index (χ4n) is 1.63. The fourth-order valence-corrected chi connectivity index (χ4v) is 1.63. The summed E-state index contributed by atoms with van der Waals surface area (Å²) < 4.78 is 1.99. The second-order valence-corrected chi connectivity index (χ2v) is 3.90. The Balaban J connectivity index is 2.20. The third kappa shape index (κ3) is 2.78. The summed E-state index contributed by atoms with van der Waals surface area (Å²) in [6.45, 7) is 5.09. The van der Waals surface area contributed by atoms with Crippen LogP contribution in [-0.4, -0.2) is 19.7 Å². The van der Waals surface area contributed by atoms with E-state index in [1.165, 1.54) is 0 Å². The zero-order chi connectivity index (χ0) is 12.1. The second kappa shape index (κ2) is 5.39. The number of aromatic nitrogens is 4. The molecule has 0 fully saturated rings. The Labute approximate surface area is 101 Å². The van der Waals surface area contributed by atoms with Gasteiger partial charge in [0, 0.05) is 18.9 Å². The topological polar surface area (TPSA) is 43.6 Å². The summed E-state index contributed by atoms with van der Waals surface area (Å²) in [5.41, 5.74) is 3.12. The van der Waals surface area contributed by atoms with Crippen LogP contribution in [0.15, 0.2) is 24.8 Å². The highest BCUT2D eigenvalue weighted by atomic mass is 15.3. The van der Waals surface area contributed by atoms with Gasteiger partial charge >= 0.3 is 0 Å². The standard InChI is InChI=1S/C13H16N4/c1-3-8-17-12(6-7-16-17)4-5-13-11(2)9-14-10-15-13/h4-7,9-10H,3,8H2,1-2H3. The minimum atomic E-state index is 0.940. The molecule has 0 unspecified atom stereocenters. The zero-order valence-corrected chi connectivity index (χ0v) is 10.2. The molecule has 0 saturated heterocycles. The fraction of sp³-hybridized carbons (Fsp3) is 0.308. The molecule has 2 aromatic rings. The van der Waals surface area contributed by atoms with E-state index in [2.05, 4.69) is 22.0 Å². The molecule has 0 radical (unpaired) electrons. The first kappa shape index (κ1) is 11.5. The summed E-state index contributed by atoms with van der Waals surface area (Å²) >= 11 is 0. The molecule has 0 atom stereocenters. The lowest BCUT2D eigenvalue weighted by Gasteiger charge is -2.01. The van der Waals surface area contributed by atoms with Gasteiger partial charge in [-0.15, -0.1) is 0 Å². The molecule has 17 heavy (non-hydrogen) atoms. The van der Waals surface area contributed by atoms with Gasteiger partial charge < -0.3 is 0 Å². The van der Waals surface area contributed by atoms with Gasteiger partial charge in [-0.3, -0.25) is 4.68 Å². The summed E-state index contributed by atoms with van der Waals surface area (Å²) in [6, 6.07) is 2.00. The lowest BCUT2D eigenvalue weighted by atomic mass is 10.2. The van der Waals surface area contributed by atoms with Crippen LogP contribution < -0.4 is 0 Å². The average Bonchev–Trinajstić information content (AvgIpc) is 2.76. The number of hydrogen-bond acceptors (Lipinski definition) is 3. The van der Waals surface area contributed by atoms with Gasteiger partial charge in [-0.2, -0.15) is 5.10 Å². The SMILES string of the molecule is CCCn1nccc1C=Cc1ncncc1C. The molecule has 0 aromatic carbocycles. The van der Waals surface area contributed by atoms with Crippen molar-refractivity contribution in [2.75, 3.05) is 0 Å². The molecule has 88 valence electrons. The van der Waals surface area contributed by atoms with Crippen molar-refractivity contribution in [2.24, 2.45) is 0 Å². The van der Waals surface area contributed by atoms with Gasteiger partial charge in [0.05, 0.1) is 11.4 Å². The van der Waals surface area contributed by atoms with Gasteiger partial charge in [-0.1, -0.05) is 6.92 Å². The Hall–Kier alpha value is -1.97. The van der Waals surface area contributed by atoms with Crippen molar-refractivity contribution in [3.8, 4) is 0 Å². The Bertz CT molecular complexity index is 514. The minimum Gasteiger partial charge on any atom is -0.266 e. The highest BCUT2D eigenvalue weighted by Gasteiger charge is 1.98. The summed E-state index contributed by atoms with van der Waals surface area (Å²) in [6.07, 6.45) is 10.3. The monoisotopic (exact) mass is 228 g/mol. The molecule has 0 saturated carbocycles. The molecule has 0 aliphatic heterocycles. The molecule has 0 spiro atoms. The van der Waals surface area contributed by atoms with Crippen molar-refractivity contribution < 1.29 is 0 Å². The summed E-state index contributed by atoms with van der Waals surface area (Å²) in [4.78, 5) is 8.20. The Morgan fingerprint density at radius 1 is 1.35 bits per heavy atom. The van der Waals surface area contributed by atoms with Crippen LogP contribution in [0, 0.1) is 6.92 Å². The van der Waals surface area contributed by atoms with Gasteiger partial charge in [0.15, 0.2) is 0 Å². The molecule has 0 N–H and O–H groups in total. The molecular formula is C13H16N4. The lowest BCUT2D eigenvalue weighted by Crippen LogP contribution is -2.00. The van der Waals surface area contributed by atoms with Crippen molar-refractivity contribution in [1.82, 2.24) is 19.7 Å².